The Hall–Kier alpha value is -2.02. The first-order valence-electron chi connectivity index (χ1n) is 5.81. The highest BCUT2D eigenvalue weighted by Gasteiger charge is 2.07. The number of nitrogens with one attached hydrogen (secondary N) is 2. The summed E-state index contributed by atoms with van der Waals surface area (Å²) in [7, 11) is 0. The van der Waals surface area contributed by atoms with E-state index in [2.05, 4.69) is 20.3 Å². The summed E-state index contributed by atoms with van der Waals surface area (Å²) in [5, 5.41) is 3.72. The second-order valence-corrected chi connectivity index (χ2v) is 5.35. The van der Waals surface area contributed by atoms with Crippen molar-refractivity contribution in [2.45, 2.75) is 20.3 Å². The topological polar surface area (TPSA) is 87.7 Å². The van der Waals surface area contributed by atoms with Crippen LogP contribution in [-0.4, -0.2) is 27.4 Å². The predicted octanol–water partition coefficient (Wildman–Crippen LogP) is 0.816. The van der Waals surface area contributed by atoms with Crippen LogP contribution < -0.4 is 10.9 Å². The number of carbonyl (C=O) groups excluding carboxylic acids is 1. The molecule has 2 heterocycles. The maximum absolute atomic E-state index is 11.7. The van der Waals surface area contributed by atoms with Crippen LogP contribution in [0.15, 0.2) is 17.2 Å². The molecule has 0 aromatic carbocycles. The van der Waals surface area contributed by atoms with Crippen LogP contribution in [0, 0.1) is 13.8 Å². The molecule has 0 bridgehead atoms. The number of H-pyrrole nitrogens is 1. The number of aryl methyl sites for hydroxylation is 2. The predicted molar refractivity (Wildman–Crippen MR) is 72.5 cm³/mol. The van der Waals surface area contributed by atoms with Gasteiger partial charge in [0.05, 0.1) is 23.1 Å². The third kappa shape index (κ3) is 3.47. The average Bonchev–Trinajstić information content (AvgIpc) is 2.68. The van der Waals surface area contributed by atoms with Crippen LogP contribution >= 0.6 is 11.3 Å². The molecule has 7 heteroatoms. The van der Waals surface area contributed by atoms with E-state index in [-0.39, 0.29) is 17.2 Å². The molecule has 0 saturated heterocycles. The van der Waals surface area contributed by atoms with Gasteiger partial charge in [-0.1, -0.05) is 0 Å². The lowest BCUT2D eigenvalue weighted by molar-refractivity contribution is 0.0948. The smallest absolute Gasteiger partial charge is 0.269 e. The molecule has 0 fully saturated rings. The highest BCUT2D eigenvalue weighted by Crippen LogP contribution is 2.16. The summed E-state index contributed by atoms with van der Waals surface area (Å²) in [5.74, 6) is -0.338. The van der Waals surface area contributed by atoms with E-state index in [0.717, 1.165) is 16.9 Å². The molecule has 2 rings (SSSR count). The van der Waals surface area contributed by atoms with E-state index in [0.29, 0.717) is 13.0 Å². The summed E-state index contributed by atoms with van der Waals surface area (Å²) in [6.07, 6.45) is 3.13. The van der Waals surface area contributed by atoms with E-state index < -0.39 is 0 Å². The fraction of sp³-hybridized carbons (Fsp3) is 0.333. The lowest BCUT2D eigenvalue weighted by Crippen LogP contribution is -2.28. The van der Waals surface area contributed by atoms with Crippen LogP contribution in [0.2, 0.25) is 0 Å². The van der Waals surface area contributed by atoms with Crippen molar-refractivity contribution >= 4 is 17.2 Å². The van der Waals surface area contributed by atoms with Crippen LogP contribution in [0.5, 0.6) is 0 Å². The zero-order valence-electron chi connectivity index (χ0n) is 10.7. The summed E-state index contributed by atoms with van der Waals surface area (Å²) < 4.78 is 0. The van der Waals surface area contributed by atoms with E-state index in [4.69, 9.17) is 0 Å². The number of hydrogen-bond acceptors (Lipinski definition) is 5. The van der Waals surface area contributed by atoms with Crippen molar-refractivity contribution in [3.63, 3.8) is 0 Å². The highest BCUT2D eigenvalue weighted by atomic mass is 32.1. The minimum Gasteiger partial charge on any atom is -0.350 e. The van der Waals surface area contributed by atoms with Crippen molar-refractivity contribution in [2.75, 3.05) is 6.54 Å². The van der Waals surface area contributed by atoms with E-state index in [1.807, 2.05) is 13.8 Å². The SMILES string of the molecule is Cc1nc(CCNC(=O)c2cncc(=O)[nH]2)sc1C. The van der Waals surface area contributed by atoms with Crippen LogP contribution in [0.4, 0.5) is 0 Å². The fourth-order valence-electron chi connectivity index (χ4n) is 1.52. The zero-order valence-corrected chi connectivity index (χ0v) is 11.5. The first-order chi connectivity index (χ1) is 9.06. The maximum atomic E-state index is 11.7. The Kier molecular flexibility index (Phi) is 4.06. The Balaban J connectivity index is 1.89. The second kappa shape index (κ2) is 5.75. The number of aromatic nitrogens is 3. The molecule has 0 aliphatic carbocycles. The Morgan fingerprint density at radius 3 is 2.84 bits per heavy atom. The van der Waals surface area contributed by atoms with Gasteiger partial charge in [0.2, 0.25) is 0 Å². The van der Waals surface area contributed by atoms with Gasteiger partial charge in [-0.15, -0.1) is 11.3 Å². The quantitative estimate of drug-likeness (QED) is 0.866. The molecule has 19 heavy (non-hydrogen) atoms. The summed E-state index contributed by atoms with van der Waals surface area (Å²) in [5.41, 5.74) is 0.806. The van der Waals surface area contributed by atoms with Gasteiger partial charge in [0.25, 0.3) is 11.5 Å². The number of hydrogen-bond donors (Lipinski definition) is 2. The summed E-state index contributed by atoms with van der Waals surface area (Å²) in [6.45, 7) is 4.46. The lowest BCUT2D eigenvalue weighted by Gasteiger charge is -2.02. The van der Waals surface area contributed by atoms with Crippen molar-refractivity contribution in [3.05, 3.63) is 44.0 Å². The van der Waals surface area contributed by atoms with Crippen LogP contribution in [0.3, 0.4) is 0 Å². The molecule has 0 atom stereocenters. The number of nitrogens with zero attached hydrogens (tertiary/aromatic N) is 2. The van der Waals surface area contributed by atoms with Crippen molar-refractivity contribution in [2.24, 2.45) is 0 Å². The van der Waals surface area contributed by atoms with Gasteiger partial charge in [-0.05, 0) is 13.8 Å². The largest absolute Gasteiger partial charge is 0.350 e. The van der Waals surface area contributed by atoms with E-state index in [1.54, 1.807) is 11.3 Å². The molecular formula is C12H14N4O2S. The minimum atomic E-state index is -0.390. The number of rotatable bonds is 4. The Morgan fingerprint density at radius 2 is 2.21 bits per heavy atom. The molecule has 0 spiro atoms. The Bertz CT molecular complexity index is 628. The van der Waals surface area contributed by atoms with Gasteiger partial charge < -0.3 is 10.3 Å². The normalized spacial score (nSPS) is 10.4. The first-order valence-corrected chi connectivity index (χ1v) is 6.63. The standard InChI is InChI=1S/C12H14N4O2S/c1-7-8(2)19-11(15-7)3-4-14-12(18)9-5-13-6-10(17)16-9/h5-6H,3-4H2,1-2H3,(H,14,18)(H,16,17). The molecular weight excluding hydrogens is 264 g/mol. The van der Waals surface area contributed by atoms with Crippen LogP contribution in [0.1, 0.15) is 26.1 Å². The van der Waals surface area contributed by atoms with Crippen molar-refractivity contribution in [1.29, 1.82) is 0 Å². The fourth-order valence-corrected chi connectivity index (χ4v) is 2.45. The average molecular weight is 278 g/mol. The van der Waals surface area contributed by atoms with E-state index >= 15 is 0 Å². The number of amides is 1. The highest BCUT2D eigenvalue weighted by molar-refractivity contribution is 7.11. The maximum Gasteiger partial charge on any atom is 0.269 e. The van der Waals surface area contributed by atoms with Crippen molar-refractivity contribution < 1.29 is 4.79 Å². The molecule has 2 aromatic rings. The molecule has 0 aliphatic heterocycles. The van der Waals surface area contributed by atoms with Gasteiger partial charge in [-0.2, -0.15) is 0 Å². The van der Waals surface area contributed by atoms with Crippen molar-refractivity contribution in [1.82, 2.24) is 20.3 Å². The van der Waals surface area contributed by atoms with Crippen molar-refractivity contribution in [3.8, 4) is 0 Å². The second-order valence-electron chi connectivity index (χ2n) is 4.07. The van der Waals surface area contributed by atoms with E-state index in [1.165, 1.54) is 11.1 Å². The molecule has 2 N–H and O–H groups in total. The van der Waals surface area contributed by atoms with Crippen LogP contribution in [0.25, 0.3) is 0 Å². The molecule has 0 unspecified atom stereocenters. The van der Waals surface area contributed by atoms with Crippen LogP contribution in [-0.2, 0) is 6.42 Å². The number of carbonyl (C=O) groups is 1. The van der Waals surface area contributed by atoms with Gasteiger partial charge in [-0.3, -0.25) is 14.6 Å². The third-order valence-corrected chi connectivity index (χ3v) is 3.73. The molecule has 2 aromatic heterocycles. The minimum absolute atomic E-state index is 0.166. The zero-order chi connectivity index (χ0) is 13.8. The van der Waals surface area contributed by atoms with Gasteiger partial charge in [0.15, 0.2) is 0 Å². The lowest BCUT2D eigenvalue weighted by atomic mass is 10.4. The molecule has 0 saturated carbocycles. The summed E-state index contributed by atoms with van der Waals surface area (Å²) in [4.78, 5) is 34.4. The van der Waals surface area contributed by atoms with Gasteiger partial charge in [0, 0.05) is 17.8 Å². The number of thiazole rings is 1. The van der Waals surface area contributed by atoms with Gasteiger partial charge in [0.1, 0.15) is 5.69 Å². The molecule has 0 radical (unpaired) electrons. The summed E-state index contributed by atoms with van der Waals surface area (Å²) in [6, 6.07) is 0. The molecule has 0 aliphatic rings. The molecule has 6 nitrogen and oxygen atoms in total. The molecule has 100 valence electrons. The van der Waals surface area contributed by atoms with Gasteiger partial charge >= 0.3 is 0 Å². The third-order valence-electron chi connectivity index (χ3n) is 2.60. The Morgan fingerprint density at radius 1 is 1.42 bits per heavy atom. The van der Waals surface area contributed by atoms with E-state index in [9.17, 15) is 9.59 Å². The first kappa shape index (κ1) is 13.4. The number of aromatic amines is 1. The molecule has 1 amide bonds. The monoisotopic (exact) mass is 278 g/mol. The summed E-state index contributed by atoms with van der Waals surface area (Å²) >= 11 is 1.63. The van der Waals surface area contributed by atoms with Gasteiger partial charge in [-0.25, -0.2) is 4.98 Å². The Labute approximate surface area is 113 Å².